The van der Waals surface area contributed by atoms with E-state index >= 15 is 0 Å². The lowest BCUT2D eigenvalue weighted by molar-refractivity contribution is 0.581. The first-order chi connectivity index (χ1) is 8.90. The molecule has 1 aromatic heterocycles. The van der Waals surface area contributed by atoms with E-state index in [2.05, 4.69) is 9.71 Å². The molecule has 0 saturated heterocycles. The lowest BCUT2D eigenvalue weighted by Crippen LogP contribution is -2.26. The molecule has 7 nitrogen and oxygen atoms in total. The van der Waals surface area contributed by atoms with Crippen LogP contribution in [0.3, 0.4) is 0 Å². The van der Waals surface area contributed by atoms with E-state index in [1.807, 2.05) is 6.07 Å². The highest BCUT2D eigenvalue weighted by Crippen LogP contribution is 2.18. The fourth-order valence-corrected chi connectivity index (χ4v) is 2.25. The fourth-order valence-electron chi connectivity index (χ4n) is 1.79. The van der Waals surface area contributed by atoms with Crippen LogP contribution >= 0.6 is 0 Å². The van der Waals surface area contributed by atoms with Crippen molar-refractivity contribution < 1.29 is 8.42 Å². The Bertz CT molecular complexity index is 757. The van der Waals surface area contributed by atoms with Crippen LogP contribution in [0.2, 0.25) is 0 Å². The van der Waals surface area contributed by atoms with Crippen molar-refractivity contribution in [2.45, 2.75) is 6.54 Å². The van der Waals surface area contributed by atoms with E-state index in [-0.39, 0.29) is 6.54 Å². The molecule has 100 valence electrons. The average molecular weight is 279 g/mol. The Kier molecular flexibility index (Phi) is 3.42. The maximum Gasteiger partial charge on any atom is 0.208 e. The van der Waals surface area contributed by atoms with E-state index in [9.17, 15) is 8.42 Å². The molecule has 19 heavy (non-hydrogen) atoms. The zero-order valence-electron chi connectivity index (χ0n) is 10.3. The number of nitrogens with one attached hydrogen (secondary N) is 1. The van der Waals surface area contributed by atoms with Crippen LogP contribution in [0, 0.1) is 11.3 Å². The average Bonchev–Trinajstić information content (AvgIpc) is 2.63. The molecule has 0 unspecified atom stereocenters. The molecule has 0 aliphatic rings. The van der Waals surface area contributed by atoms with Gasteiger partial charge in [0.05, 0.1) is 28.9 Å². The van der Waals surface area contributed by atoms with Crippen LogP contribution in [0.4, 0.5) is 5.95 Å². The predicted octanol–water partition coefficient (Wildman–Crippen LogP) is 0.0394. The molecule has 1 heterocycles. The summed E-state index contributed by atoms with van der Waals surface area (Å²) < 4.78 is 26.1. The third-order valence-corrected chi connectivity index (χ3v) is 3.34. The van der Waals surface area contributed by atoms with Crippen molar-refractivity contribution in [3.05, 3.63) is 23.8 Å². The standard InChI is InChI=1S/C11H13N5O2S/c1-19(17,18)14-4-5-16-10-6-8(7-12)2-3-9(10)15-11(16)13/h2-3,6,14H,4-5H2,1H3,(H2,13,15). The highest BCUT2D eigenvalue weighted by Gasteiger charge is 2.09. The van der Waals surface area contributed by atoms with Crippen molar-refractivity contribution in [3.63, 3.8) is 0 Å². The zero-order valence-corrected chi connectivity index (χ0v) is 11.1. The Morgan fingerprint density at radius 1 is 1.53 bits per heavy atom. The number of nitrogens with two attached hydrogens (primary N) is 1. The second-order valence-corrected chi connectivity index (χ2v) is 5.94. The highest BCUT2D eigenvalue weighted by molar-refractivity contribution is 7.88. The van der Waals surface area contributed by atoms with Gasteiger partial charge in [0.25, 0.3) is 0 Å². The maximum absolute atomic E-state index is 11.0. The van der Waals surface area contributed by atoms with Crippen LogP contribution in [-0.4, -0.2) is 30.8 Å². The Morgan fingerprint density at radius 3 is 2.89 bits per heavy atom. The van der Waals surface area contributed by atoms with E-state index in [1.54, 1.807) is 22.8 Å². The smallest absolute Gasteiger partial charge is 0.208 e. The number of anilines is 1. The molecule has 1 aromatic carbocycles. The predicted molar refractivity (Wildman–Crippen MR) is 71.7 cm³/mol. The van der Waals surface area contributed by atoms with Gasteiger partial charge in [-0.25, -0.2) is 18.1 Å². The molecule has 0 radical (unpaired) electrons. The molecule has 0 spiro atoms. The Hall–Kier alpha value is -2.11. The largest absolute Gasteiger partial charge is 0.369 e. The van der Waals surface area contributed by atoms with Crippen molar-refractivity contribution in [2.75, 3.05) is 18.5 Å². The molecule has 0 saturated carbocycles. The Labute approximate surface area is 110 Å². The van der Waals surface area contributed by atoms with Crippen LogP contribution in [0.15, 0.2) is 18.2 Å². The molecule has 0 atom stereocenters. The molecule has 8 heteroatoms. The summed E-state index contributed by atoms with van der Waals surface area (Å²) in [4.78, 5) is 4.16. The number of rotatable bonds is 4. The minimum absolute atomic E-state index is 0.214. The van der Waals surface area contributed by atoms with Crippen molar-refractivity contribution in [1.29, 1.82) is 5.26 Å². The lowest BCUT2D eigenvalue weighted by Gasteiger charge is -2.06. The Balaban J connectivity index is 2.31. The fraction of sp³-hybridized carbons (Fsp3) is 0.273. The number of nitrogens with zero attached hydrogens (tertiary/aromatic N) is 3. The van der Waals surface area contributed by atoms with Gasteiger partial charge in [0.2, 0.25) is 16.0 Å². The first-order valence-corrected chi connectivity index (χ1v) is 7.40. The van der Waals surface area contributed by atoms with E-state index in [1.165, 1.54) is 0 Å². The van der Waals surface area contributed by atoms with Gasteiger partial charge >= 0.3 is 0 Å². The molecule has 3 N–H and O–H groups in total. The summed E-state index contributed by atoms with van der Waals surface area (Å²) in [5, 5.41) is 8.87. The zero-order chi connectivity index (χ0) is 14.0. The summed E-state index contributed by atoms with van der Waals surface area (Å²) in [7, 11) is -3.23. The highest BCUT2D eigenvalue weighted by atomic mass is 32.2. The molecule has 0 fully saturated rings. The van der Waals surface area contributed by atoms with Crippen LogP contribution in [0.25, 0.3) is 11.0 Å². The van der Waals surface area contributed by atoms with Gasteiger partial charge in [-0.15, -0.1) is 0 Å². The summed E-state index contributed by atoms with van der Waals surface area (Å²) in [6, 6.07) is 7.10. The number of nitriles is 1. The van der Waals surface area contributed by atoms with Crippen LogP contribution < -0.4 is 10.5 Å². The minimum atomic E-state index is -3.23. The summed E-state index contributed by atoms with van der Waals surface area (Å²) in [5.74, 6) is 0.292. The van der Waals surface area contributed by atoms with Gasteiger partial charge in [-0.1, -0.05) is 0 Å². The number of fused-ring (bicyclic) bond motifs is 1. The molecule has 0 aliphatic heterocycles. The third-order valence-electron chi connectivity index (χ3n) is 2.61. The number of sulfonamides is 1. The maximum atomic E-state index is 11.0. The van der Waals surface area contributed by atoms with Gasteiger partial charge in [0, 0.05) is 13.1 Å². The Morgan fingerprint density at radius 2 is 2.26 bits per heavy atom. The first-order valence-electron chi connectivity index (χ1n) is 5.51. The van der Waals surface area contributed by atoms with Crippen molar-refractivity contribution >= 4 is 27.0 Å². The van der Waals surface area contributed by atoms with Gasteiger partial charge in [0.15, 0.2) is 0 Å². The van der Waals surface area contributed by atoms with Gasteiger partial charge < -0.3 is 10.3 Å². The number of imidazole rings is 1. The molecular formula is C11H13N5O2S. The number of aromatic nitrogens is 2. The van der Waals surface area contributed by atoms with Gasteiger partial charge in [-0.3, -0.25) is 0 Å². The summed E-state index contributed by atoms with van der Waals surface area (Å²) in [5.41, 5.74) is 7.68. The monoisotopic (exact) mass is 279 g/mol. The summed E-state index contributed by atoms with van der Waals surface area (Å²) in [6.45, 7) is 0.565. The number of benzene rings is 1. The second-order valence-electron chi connectivity index (χ2n) is 4.10. The van der Waals surface area contributed by atoms with Gasteiger partial charge in [-0.05, 0) is 18.2 Å². The van der Waals surface area contributed by atoms with Gasteiger partial charge in [-0.2, -0.15) is 5.26 Å². The van der Waals surface area contributed by atoms with Gasteiger partial charge in [0.1, 0.15) is 0 Å². The van der Waals surface area contributed by atoms with E-state index in [0.29, 0.717) is 29.1 Å². The second kappa shape index (κ2) is 4.87. The van der Waals surface area contributed by atoms with Crippen LogP contribution in [-0.2, 0) is 16.6 Å². The minimum Gasteiger partial charge on any atom is -0.369 e. The molecule has 0 bridgehead atoms. The lowest BCUT2D eigenvalue weighted by atomic mass is 10.2. The van der Waals surface area contributed by atoms with Crippen LogP contribution in [0.1, 0.15) is 5.56 Å². The normalized spacial score (nSPS) is 11.6. The van der Waals surface area contributed by atoms with E-state index < -0.39 is 10.0 Å². The number of hydrogen-bond donors (Lipinski definition) is 2. The molecule has 2 rings (SSSR count). The SMILES string of the molecule is CS(=O)(=O)NCCn1c(N)nc2ccc(C#N)cc21. The summed E-state index contributed by atoms with van der Waals surface area (Å²) >= 11 is 0. The molecular weight excluding hydrogens is 266 g/mol. The quantitative estimate of drug-likeness (QED) is 0.820. The van der Waals surface area contributed by atoms with Crippen molar-refractivity contribution in [1.82, 2.24) is 14.3 Å². The number of nitrogen functional groups attached to an aromatic ring is 1. The molecule has 0 aliphatic carbocycles. The first kappa shape index (κ1) is 13.3. The molecule has 0 amide bonds. The summed E-state index contributed by atoms with van der Waals surface area (Å²) in [6.07, 6.45) is 1.09. The molecule has 2 aromatic rings. The number of hydrogen-bond acceptors (Lipinski definition) is 5. The topological polar surface area (TPSA) is 114 Å². The van der Waals surface area contributed by atoms with E-state index in [0.717, 1.165) is 6.26 Å². The van der Waals surface area contributed by atoms with E-state index in [4.69, 9.17) is 11.0 Å². The third kappa shape index (κ3) is 3.01. The van der Waals surface area contributed by atoms with Crippen LogP contribution in [0.5, 0.6) is 0 Å². The van der Waals surface area contributed by atoms with Crippen molar-refractivity contribution in [2.24, 2.45) is 0 Å². The van der Waals surface area contributed by atoms with Crippen molar-refractivity contribution in [3.8, 4) is 6.07 Å².